The van der Waals surface area contributed by atoms with Crippen molar-refractivity contribution in [3.63, 3.8) is 0 Å². The van der Waals surface area contributed by atoms with Crippen LogP contribution in [0.1, 0.15) is 28.3 Å². The molecule has 0 N–H and O–H groups in total. The number of fused-ring (bicyclic) bond motifs is 6. The van der Waals surface area contributed by atoms with E-state index in [9.17, 15) is 0 Å². The minimum absolute atomic E-state index is 0.324. The van der Waals surface area contributed by atoms with Gasteiger partial charge in [-0.25, -0.2) is 0 Å². The third kappa shape index (κ3) is 4.41. The van der Waals surface area contributed by atoms with Gasteiger partial charge in [0.15, 0.2) is 0 Å². The van der Waals surface area contributed by atoms with Crippen LogP contribution in [0.4, 0.5) is 0 Å². The Kier molecular flexibility index (Phi) is 6.28. The summed E-state index contributed by atoms with van der Waals surface area (Å²) in [4.78, 5) is 2.29. The zero-order chi connectivity index (χ0) is 30.6. The van der Waals surface area contributed by atoms with Gasteiger partial charge < -0.3 is 9.47 Å². The number of benzene rings is 6. The first-order valence-electron chi connectivity index (χ1n) is 16.2. The lowest BCUT2D eigenvalue weighted by molar-refractivity contribution is 0.531. The van der Waals surface area contributed by atoms with Gasteiger partial charge in [-0.3, -0.25) is 0 Å². The van der Waals surface area contributed by atoms with Crippen molar-refractivity contribution < 1.29 is 0 Å². The summed E-state index contributed by atoms with van der Waals surface area (Å²) in [5.41, 5.74) is 11.6. The fourth-order valence-electron chi connectivity index (χ4n) is 7.52. The van der Waals surface area contributed by atoms with Crippen molar-refractivity contribution in [3.05, 3.63) is 174 Å². The first kappa shape index (κ1) is 26.8. The van der Waals surface area contributed by atoms with Crippen LogP contribution in [0.5, 0.6) is 0 Å². The average molecular weight is 591 g/mol. The second kappa shape index (κ2) is 10.8. The molecule has 1 aromatic heterocycles. The van der Waals surface area contributed by atoms with Crippen molar-refractivity contribution in [1.82, 2.24) is 9.47 Å². The molecule has 0 radical (unpaired) electrons. The maximum Gasteiger partial charge on any atom is 0.0616 e. The average Bonchev–Trinajstić information content (AvgIpc) is 3.46. The second-order valence-electron chi connectivity index (χ2n) is 12.6. The normalized spacial score (nSPS) is 15.9. The molecule has 46 heavy (non-hydrogen) atoms. The minimum Gasteiger partial charge on any atom is -0.370 e. The number of aromatic nitrogens is 1. The van der Waals surface area contributed by atoms with Crippen LogP contribution in [0, 0.1) is 0 Å². The van der Waals surface area contributed by atoms with Crippen LogP contribution in [0.25, 0.3) is 61.0 Å². The van der Waals surface area contributed by atoms with E-state index in [0.717, 1.165) is 13.0 Å². The van der Waals surface area contributed by atoms with Crippen molar-refractivity contribution in [1.29, 1.82) is 0 Å². The van der Waals surface area contributed by atoms with Crippen LogP contribution >= 0.6 is 0 Å². The predicted molar refractivity (Wildman–Crippen MR) is 195 cm³/mol. The predicted octanol–water partition coefficient (Wildman–Crippen LogP) is 10.8. The molecule has 2 heteroatoms. The van der Waals surface area contributed by atoms with Gasteiger partial charge in [0.2, 0.25) is 0 Å². The quantitative estimate of drug-likeness (QED) is 0.198. The molecule has 0 saturated heterocycles. The Bertz CT molecular complexity index is 2370. The van der Waals surface area contributed by atoms with Gasteiger partial charge in [0.25, 0.3) is 0 Å². The number of para-hydroxylation sites is 1. The summed E-state index contributed by atoms with van der Waals surface area (Å²) in [5, 5.41) is 6.45. The molecule has 9 rings (SSSR count). The smallest absolute Gasteiger partial charge is 0.0616 e. The van der Waals surface area contributed by atoms with Gasteiger partial charge in [-0.1, -0.05) is 133 Å². The number of rotatable bonds is 4. The second-order valence-corrected chi connectivity index (χ2v) is 12.6. The lowest BCUT2D eigenvalue weighted by Crippen LogP contribution is -2.18. The van der Waals surface area contributed by atoms with Gasteiger partial charge >= 0.3 is 0 Å². The highest BCUT2D eigenvalue weighted by atomic mass is 15.1. The zero-order valence-electron chi connectivity index (χ0n) is 25.9. The molecule has 0 saturated carbocycles. The Labute approximate surface area is 269 Å². The van der Waals surface area contributed by atoms with Crippen LogP contribution in [0.3, 0.4) is 0 Å². The summed E-state index contributed by atoms with van der Waals surface area (Å²) >= 11 is 0. The maximum atomic E-state index is 2.53. The van der Waals surface area contributed by atoms with Crippen molar-refractivity contribution in [2.75, 3.05) is 13.6 Å². The molecule has 0 fully saturated rings. The van der Waals surface area contributed by atoms with Crippen LogP contribution < -0.4 is 0 Å². The first-order valence-corrected chi connectivity index (χ1v) is 16.2. The maximum absolute atomic E-state index is 2.53. The van der Waals surface area contributed by atoms with Gasteiger partial charge in [0, 0.05) is 52.9 Å². The van der Waals surface area contributed by atoms with E-state index in [1.807, 2.05) is 0 Å². The standard InChI is InChI=1S/C44H34N2/c1-45-26-8-7-13-42(45)32-17-14-31(15-18-32)34-20-23-39-37(28-34)22-25-41-40-24-21-36(35-19-16-30-9-5-6-10-33(30)27-35)29-43(40)46(44(39)41)38-11-3-2-4-12-38/h2-25,27-28,36H,26,29H2,1H3. The number of nitrogens with zero attached hydrogens (tertiary/aromatic N) is 2. The van der Waals surface area contributed by atoms with E-state index < -0.39 is 0 Å². The monoisotopic (exact) mass is 590 g/mol. The van der Waals surface area contributed by atoms with E-state index in [1.54, 1.807) is 0 Å². The summed E-state index contributed by atoms with van der Waals surface area (Å²) in [6.07, 6.45) is 12.3. The summed E-state index contributed by atoms with van der Waals surface area (Å²) < 4.78 is 2.53. The molecule has 1 aliphatic carbocycles. The lowest BCUT2D eigenvalue weighted by atomic mass is 9.87. The van der Waals surface area contributed by atoms with E-state index in [0.29, 0.717) is 5.92 Å². The van der Waals surface area contributed by atoms with Crippen LogP contribution in [0.2, 0.25) is 0 Å². The molecule has 1 atom stereocenters. The Morgan fingerprint density at radius 2 is 1.37 bits per heavy atom. The molecule has 0 amide bonds. The number of likely N-dealkylation sites (N-methyl/N-ethyl adjacent to an activating group) is 1. The number of hydrogen-bond acceptors (Lipinski definition) is 1. The Hall–Kier alpha value is -5.60. The highest BCUT2D eigenvalue weighted by molar-refractivity contribution is 6.11. The van der Waals surface area contributed by atoms with E-state index in [1.165, 1.54) is 77.3 Å². The van der Waals surface area contributed by atoms with Gasteiger partial charge in [-0.15, -0.1) is 0 Å². The molecule has 6 aromatic carbocycles. The molecule has 7 aromatic rings. The molecule has 220 valence electrons. The molecule has 0 spiro atoms. The third-order valence-corrected chi connectivity index (χ3v) is 9.91. The van der Waals surface area contributed by atoms with Crippen LogP contribution in [0.15, 0.2) is 152 Å². The third-order valence-electron chi connectivity index (χ3n) is 9.91. The SMILES string of the molecule is CN1CC=CC=C1c1ccc(-c2ccc3c(ccc4c5c(n(-c6ccccc6)c43)CC(c3ccc4ccccc4c3)C=C5)c2)cc1. The van der Waals surface area contributed by atoms with Gasteiger partial charge in [-0.05, 0) is 69.1 Å². The summed E-state index contributed by atoms with van der Waals surface area (Å²) in [7, 11) is 2.15. The molecule has 2 aliphatic rings. The molecule has 0 bridgehead atoms. The Morgan fingerprint density at radius 3 is 2.22 bits per heavy atom. The van der Waals surface area contributed by atoms with Crippen molar-refractivity contribution in [3.8, 4) is 16.8 Å². The minimum atomic E-state index is 0.324. The fourth-order valence-corrected chi connectivity index (χ4v) is 7.52. The van der Waals surface area contributed by atoms with E-state index in [4.69, 9.17) is 0 Å². The fraction of sp³-hybridized carbons (Fsp3) is 0.0909. The number of allylic oxidation sites excluding steroid dienone is 3. The molecule has 1 unspecified atom stereocenters. The largest absolute Gasteiger partial charge is 0.370 e. The van der Waals surface area contributed by atoms with Gasteiger partial charge in [0.1, 0.15) is 0 Å². The van der Waals surface area contributed by atoms with E-state index >= 15 is 0 Å². The molecule has 2 heterocycles. The van der Waals surface area contributed by atoms with Crippen molar-refractivity contribution in [2.24, 2.45) is 0 Å². The zero-order valence-corrected chi connectivity index (χ0v) is 25.9. The molecule has 2 nitrogen and oxygen atoms in total. The van der Waals surface area contributed by atoms with Gasteiger partial charge in [-0.2, -0.15) is 0 Å². The van der Waals surface area contributed by atoms with Crippen molar-refractivity contribution >= 4 is 44.2 Å². The summed E-state index contributed by atoms with van der Waals surface area (Å²) in [6, 6.07) is 47.1. The first-order chi connectivity index (χ1) is 22.7. The van der Waals surface area contributed by atoms with Crippen molar-refractivity contribution in [2.45, 2.75) is 12.3 Å². The van der Waals surface area contributed by atoms with E-state index in [-0.39, 0.29) is 0 Å². The number of hydrogen-bond donors (Lipinski definition) is 0. The molecular formula is C44H34N2. The topological polar surface area (TPSA) is 8.17 Å². The highest BCUT2D eigenvalue weighted by Crippen LogP contribution is 2.42. The highest BCUT2D eigenvalue weighted by Gasteiger charge is 2.25. The summed E-state index contributed by atoms with van der Waals surface area (Å²) in [6.45, 7) is 0.945. The lowest BCUT2D eigenvalue weighted by Gasteiger charge is -2.23. The molecular weight excluding hydrogens is 556 g/mol. The Morgan fingerprint density at radius 1 is 0.630 bits per heavy atom. The molecule has 1 aliphatic heterocycles. The van der Waals surface area contributed by atoms with Gasteiger partial charge in [0.05, 0.1) is 5.52 Å². The van der Waals surface area contributed by atoms with E-state index in [2.05, 4.69) is 174 Å². The Balaban J connectivity index is 1.15. The van der Waals surface area contributed by atoms with Crippen LogP contribution in [-0.4, -0.2) is 23.1 Å². The summed E-state index contributed by atoms with van der Waals surface area (Å²) in [5.74, 6) is 0.324. The van der Waals surface area contributed by atoms with Crippen LogP contribution in [-0.2, 0) is 6.42 Å².